The molecular formula is C22H20N4O2S. The summed E-state index contributed by atoms with van der Waals surface area (Å²) in [6.45, 7) is 1.04. The van der Waals surface area contributed by atoms with E-state index in [0.717, 1.165) is 27.4 Å². The maximum absolute atomic E-state index is 12.8. The molecule has 3 N–H and O–H groups in total. The van der Waals surface area contributed by atoms with Crippen molar-refractivity contribution in [1.29, 1.82) is 0 Å². The molecule has 0 bridgehead atoms. The fourth-order valence-corrected chi connectivity index (χ4v) is 4.07. The zero-order valence-electron chi connectivity index (χ0n) is 15.7. The Balaban J connectivity index is 1.53. The second-order valence-electron chi connectivity index (χ2n) is 6.67. The number of benzene rings is 2. The predicted molar refractivity (Wildman–Crippen MR) is 116 cm³/mol. The van der Waals surface area contributed by atoms with E-state index in [0.29, 0.717) is 25.2 Å². The van der Waals surface area contributed by atoms with Crippen LogP contribution in [0, 0.1) is 0 Å². The van der Waals surface area contributed by atoms with Crippen LogP contribution in [0.1, 0.15) is 22.5 Å². The number of urea groups is 1. The summed E-state index contributed by atoms with van der Waals surface area (Å²) in [5.41, 5.74) is 9.49. The Kier molecular flexibility index (Phi) is 5.39. The van der Waals surface area contributed by atoms with Gasteiger partial charge in [-0.2, -0.15) is 0 Å². The smallest absolute Gasteiger partial charge is 0.315 e. The molecule has 0 aliphatic carbocycles. The van der Waals surface area contributed by atoms with Gasteiger partial charge in [-0.05, 0) is 18.1 Å². The van der Waals surface area contributed by atoms with Crippen molar-refractivity contribution in [3.63, 3.8) is 0 Å². The Morgan fingerprint density at radius 1 is 1.07 bits per heavy atom. The van der Waals surface area contributed by atoms with Crippen LogP contribution in [-0.2, 0) is 0 Å². The van der Waals surface area contributed by atoms with Gasteiger partial charge < -0.3 is 16.0 Å². The summed E-state index contributed by atoms with van der Waals surface area (Å²) in [7, 11) is 0. The summed E-state index contributed by atoms with van der Waals surface area (Å²) < 4.78 is 0. The van der Waals surface area contributed by atoms with Gasteiger partial charge in [-0.1, -0.05) is 54.6 Å². The van der Waals surface area contributed by atoms with Gasteiger partial charge in [0.25, 0.3) is 5.91 Å². The van der Waals surface area contributed by atoms with E-state index in [1.807, 2.05) is 60.7 Å². The molecule has 29 heavy (non-hydrogen) atoms. The molecule has 0 radical (unpaired) electrons. The number of thiazole rings is 1. The number of primary amides is 1. The molecule has 4 rings (SSSR count). The number of carbonyl (C=O) groups excluding carboxylic acids is 2. The predicted octanol–water partition coefficient (Wildman–Crippen LogP) is 4.23. The summed E-state index contributed by atoms with van der Waals surface area (Å²) in [4.78, 5) is 30.2. The van der Waals surface area contributed by atoms with Crippen LogP contribution in [0.3, 0.4) is 0 Å². The molecule has 1 aromatic heterocycles. The zero-order chi connectivity index (χ0) is 20.2. The number of anilines is 1. The third kappa shape index (κ3) is 4.20. The van der Waals surface area contributed by atoms with Gasteiger partial charge in [0.05, 0.1) is 0 Å². The maximum atomic E-state index is 12.8. The second-order valence-corrected chi connectivity index (χ2v) is 7.53. The molecule has 1 aliphatic rings. The average Bonchev–Trinajstić information content (AvgIpc) is 3.25. The van der Waals surface area contributed by atoms with Crippen molar-refractivity contribution in [2.45, 2.75) is 6.42 Å². The van der Waals surface area contributed by atoms with Gasteiger partial charge in [-0.3, -0.25) is 4.79 Å². The van der Waals surface area contributed by atoms with E-state index in [9.17, 15) is 9.59 Å². The van der Waals surface area contributed by atoms with E-state index in [2.05, 4.69) is 10.3 Å². The number of para-hydroxylation sites is 1. The quantitative estimate of drug-likeness (QED) is 0.682. The summed E-state index contributed by atoms with van der Waals surface area (Å²) in [5.74, 6) is -0.244. The molecule has 3 amide bonds. The van der Waals surface area contributed by atoms with Gasteiger partial charge in [0.1, 0.15) is 10.7 Å². The van der Waals surface area contributed by atoms with Crippen LogP contribution in [0.15, 0.2) is 66.1 Å². The van der Waals surface area contributed by atoms with Crippen LogP contribution in [-0.4, -0.2) is 34.9 Å². The molecule has 0 saturated carbocycles. The van der Waals surface area contributed by atoms with E-state index >= 15 is 0 Å². The SMILES string of the molecule is NC(=O)N1CC=C(c2ccccc2NC(=O)c2csc(-c3ccccc3)n2)CC1. The van der Waals surface area contributed by atoms with Crippen LogP contribution >= 0.6 is 11.3 Å². The van der Waals surface area contributed by atoms with Gasteiger partial charge in [0, 0.05) is 35.3 Å². The minimum Gasteiger partial charge on any atom is -0.351 e. The molecule has 7 heteroatoms. The lowest BCUT2D eigenvalue weighted by molar-refractivity contribution is 0.102. The Hall–Kier alpha value is -3.45. The maximum Gasteiger partial charge on any atom is 0.315 e. The molecule has 0 saturated heterocycles. The number of hydrogen-bond donors (Lipinski definition) is 2. The molecule has 3 aromatic rings. The highest BCUT2D eigenvalue weighted by Gasteiger charge is 2.19. The van der Waals surface area contributed by atoms with Crippen molar-refractivity contribution in [2.75, 3.05) is 18.4 Å². The first-order chi connectivity index (χ1) is 14.1. The van der Waals surface area contributed by atoms with E-state index in [1.165, 1.54) is 11.3 Å². The van der Waals surface area contributed by atoms with Crippen molar-refractivity contribution in [3.8, 4) is 10.6 Å². The molecular weight excluding hydrogens is 384 g/mol. The molecule has 6 nitrogen and oxygen atoms in total. The van der Waals surface area contributed by atoms with Gasteiger partial charge >= 0.3 is 6.03 Å². The number of aromatic nitrogens is 1. The largest absolute Gasteiger partial charge is 0.351 e. The number of rotatable bonds is 4. The molecule has 0 fully saturated rings. The van der Waals surface area contributed by atoms with E-state index in [4.69, 9.17) is 5.73 Å². The van der Waals surface area contributed by atoms with E-state index in [1.54, 1.807) is 10.3 Å². The standard InChI is InChI=1S/C22H20N4O2S/c23-22(28)26-12-10-15(11-13-26)17-8-4-5-9-18(17)24-20(27)19-14-29-21(25-19)16-6-2-1-3-7-16/h1-10,14H,11-13H2,(H2,23,28)(H,24,27). The number of nitrogens with two attached hydrogens (primary N) is 1. The van der Waals surface area contributed by atoms with Crippen LogP contribution in [0.4, 0.5) is 10.5 Å². The highest BCUT2D eigenvalue weighted by Crippen LogP contribution is 2.29. The molecule has 2 aromatic carbocycles. The molecule has 146 valence electrons. The third-order valence-corrected chi connectivity index (χ3v) is 5.69. The lowest BCUT2D eigenvalue weighted by Gasteiger charge is -2.25. The van der Waals surface area contributed by atoms with Crippen LogP contribution in [0.5, 0.6) is 0 Å². The van der Waals surface area contributed by atoms with Crippen molar-refractivity contribution in [3.05, 3.63) is 77.3 Å². The number of nitrogens with one attached hydrogen (secondary N) is 1. The highest BCUT2D eigenvalue weighted by molar-refractivity contribution is 7.13. The molecule has 0 unspecified atom stereocenters. The van der Waals surface area contributed by atoms with Crippen molar-refractivity contribution in [1.82, 2.24) is 9.88 Å². The first-order valence-corrected chi connectivity index (χ1v) is 10.1. The Morgan fingerprint density at radius 2 is 1.83 bits per heavy atom. The number of carbonyl (C=O) groups is 2. The molecule has 0 spiro atoms. The van der Waals surface area contributed by atoms with E-state index in [-0.39, 0.29) is 5.91 Å². The fraction of sp³-hybridized carbons (Fsp3) is 0.136. The van der Waals surface area contributed by atoms with E-state index < -0.39 is 6.03 Å². The number of amides is 3. The lowest BCUT2D eigenvalue weighted by Crippen LogP contribution is -2.38. The topological polar surface area (TPSA) is 88.3 Å². The van der Waals surface area contributed by atoms with Gasteiger partial charge in [-0.25, -0.2) is 9.78 Å². The van der Waals surface area contributed by atoms with Gasteiger partial charge in [0.15, 0.2) is 0 Å². The summed E-state index contributed by atoms with van der Waals surface area (Å²) >= 11 is 1.44. The van der Waals surface area contributed by atoms with Gasteiger partial charge in [0.2, 0.25) is 0 Å². The summed E-state index contributed by atoms with van der Waals surface area (Å²) in [6.07, 6.45) is 2.67. The molecule has 0 atom stereocenters. The molecule has 2 heterocycles. The minimum atomic E-state index is -0.417. The van der Waals surface area contributed by atoms with Crippen molar-refractivity contribution < 1.29 is 9.59 Å². The van der Waals surface area contributed by atoms with Crippen molar-refractivity contribution in [2.24, 2.45) is 5.73 Å². The Labute approximate surface area is 172 Å². The third-order valence-electron chi connectivity index (χ3n) is 4.80. The second kappa shape index (κ2) is 8.28. The average molecular weight is 404 g/mol. The highest BCUT2D eigenvalue weighted by atomic mass is 32.1. The Morgan fingerprint density at radius 3 is 2.55 bits per heavy atom. The minimum absolute atomic E-state index is 0.244. The lowest BCUT2D eigenvalue weighted by atomic mass is 9.98. The normalized spacial score (nSPS) is 13.7. The van der Waals surface area contributed by atoms with Crippen LogP contribution in [0.25, 0.3) is 16.1 Å². The first-order valence-electron chi connectivity index (χ1n) is 9.27. The fourth-order valence-electron chi connectivity index (χ4n) is 3.26. The van der Waals surface area contributed by atoms with Gasteiger partial charge in [-0.15, -0.1) is 11.3 Å². The van der Waals surface area contributed by atoms with Crippen molar-refractivity contribution >= 4 is 34.5 Å². The first kappa shape index (κ1) is 18.9. The number of hydrogen-bond acceptors (Lipinski definition) is 4. The zero-order valence-corrected chi connectivity index (χ0v) is 16.5. The summed E-state index contributed by atoms with van der Waals surface area (Å²) in [5, 5.41) is 5.56. The number of nitrogens with zero attached hydrogens (tertiary/aromatic N) is 2. The monoisotopic (exact) mass is 404 g/mol. The Bertz CT molecular complexity index is 1080. The molecule has 1 aliphatic heterocycles. The van der Waals surface area contributed by atoms with Crippen LogP contribution < -0.4 is 11.1 Å². The van der Waals surface area contributed by atoms with Crippen LogP contribution in [0.2, 0.25) is 0 Å². The summed E-state index contributed by atoms with van der Waals surface area (Å²) in [6, 6.07) is 17.0.